The second kappa shape index (κ2) is 6.16. The number of aromatic nitrogens is 1. The summed E-state index contributed by atoms with van der Waals surface area (Å²) in [6.07, 6.45) is 0. The molecule has 0 amide bonds. The molecule has 4 rings (SSSR count). The molecule has 3 aromatic rings. The summed E-state index contributed by atoms with van der Waals surface area (Å²) in [5.41, 5.74) is 3.84. The third kappa shape index (κ3) is 2.81. The summed E-state index contributed by atoms with van der Waals surface area (Å²) in [4.78, 5) is 15.0. The smallest absolute Gasteiger partial charge is 0.347 e. The van der Waals surface area contributed by atoms with Gasteiger partial charge in [0.2, 0.25) is 0 Å². The summed E-state index contributed by atoms with van der Waals surface area (Å²) in [5.74, 6) is 0.963. The minimum Gasteiger partial charge on any atom is -0.422 e. The van der Waals surface area contributed by atoms with Crippen LogP contribution in [0.3, 0.4) is 0 Å². The lowest BCUT2D eigenvalue weighted by molar-refractivity contribution is 0.0659. The summed E-state index contributed by atoms with van der Waals surface area (Å²) in [5, 5.41) is 1.17. The summed E-state index contributed by atoms with van der Waals surface area (Å²) >= 11 is 5.77. The Bertz CT molecular complexity index is 845. The Morgan fingerprint density at radius 3 is 2.50 bits per heavy atom. The van der Waals surface area contributed by atoms with Crippen molar-refractivity contribution in [1.29, 1.82) is 0 Å². The number of hydrogen-bond donors (Lipinski definition) is 0. The number of carbonyl (C=O) groups excluding carboxylic acids is 1. The van der Waals surface area contributed by atoms with Crippen LogP contribution in [0, 0.1) is 6.92 Å². The average molecular weight is 312 g/mol. The van der Waals surface area contributed by atoms with Crippen molar-refractivity contribution in [2.45, 2.75) is 12.8 Å². The number of pyridine rings is 1. The standard InChI is InChI=1S/C11H10ClN.C7H4O2/c1-8-6-9-4-2-3-5-10(9)13-11(8)7-12;8-7-5-3-1-2-4-6(5)9-7/h2-6H,7H2,1H3;1-4H. The molecular formula is C18H14ClNO2. The van der Waals surface area contributed by atoms with Gasteiger partial charge < -0.3 is 4.74 Å². The van der Waals surface area contributed by atoms with Crippen molar-refractivity contribution in [3.05, 3.63) is 71.4 Å². The van der Waals surface area contributed by atoms with E-state index in [1.165, 1.54) is 5.39 Å². The van der Waals surface area contributed by atoms with Crippen LogP contribution in [0.5, 0.6) is 5.75 Å². The summed E-state index contributed by atoms with van der Waals surface area (Å²) in [7, 11) is 0. The van der Waals surface area contributed by atoms with Crippen LogP contribution in [0.15, 0.2) is 54.6 Å². The van der Waals surface area contributed by atoms with E-state index in [4.69, 9.17) is 11.6 Å². The van der Waals surface area contributed by atoms with E-state index in [0.29, 0.717) is 17.2 Å². The van der Waals surface area contributed by atoms with E-state index in [-0.39, 0.29) is 5.97 Å². The molecule has 0 fully saturated rings. The Labute approximate surface area is 133 Å². The number of hydrogen-bond acceptors (Lipinski definition) is 3. The third-order valence-corrected chi connectivity index (χ3v) is 3.71. The van der Waals surface area contributed by atoms with Crippen LogP contribution in [-0.2, 0) is 5.88 Å². The van der Waals surface area contributed by atoms with Crippen LogP contribution >= 0.6 is 11.6 Å². The van der Waals surface area contributed by atoms with Gasteiger partial charge in [-0.2, -0.15) is 0 Å². The molecule has 0 aliphatic carbocycles. The van der Waals surface area contributed by atoms with Crippen LogP contribution in [0.1, 0.15) is 21.6 Å². The molecule has 0 radical (unpaired) electrons. The Morgan fingerprint density at radius 2 is 1.82 bits per heavy atom. The molecule has 1 aromatic heterocycles. The van der Waals surface area contributed by atoms with Gasteiger partial charge in [0.25, 0.3) is 0 Å². The highest BCUT2D eigenvalue weighted by Gasteiger charge is 2.23. The van der Waals surface area contributed by atoms with Crippen LogP contribution < -0.4 is 4.74 Å². The molecule has 0 saturated heterocycles. The van der Waals surface area contributed by atoms with E-state index < -0.39 is 0 Å². The number of para-hydroxylation sites is 2. The van der Waals surface area contributed by atoms with Gasteiger partial charge in [0.05, 0.1) is 17.1 Å². The number of halogens is 1. The third-order valence-electron chi connectivity index (χ3n) is 3.46. The van der Waals surface area contributed by atoms with E-state index in [2.05, 4.69) is 21.9 Å². The quantitative estimate of drug-likeness (QED) is 0.490. The molecule has 1 aliphatic rings. The molecule has 0 unspecified atom stereocenters. The zero-order valence-electron chi connectivity index (χ0n) is 12.0. The van der Waals surface area contributed by atoms with Gasteiger partial charge in [0, 0.05) is 5.39 Å². The lowest BCUT2D eigenvalue weighted by Gasteiger charge is -2.15. The maximum absolute atomic E-state index is 10.5. The number of nitrogens with zero attached hydrogens (tertiary/aromatic N) is 1. The lowest BCUT2D eigenvalue weighted by Crippen LogP contribution is -2.19. The minimum atomic E-state index is -0.217. The number of benzene rings is 2. The van der Waals surface area contributed by atoms with Crippen molar-refractivity contribution in [3.8, 4) is 5.75 Å². The molecular weight excluding hydrogens is 298 g/mol. The van der Waals surface area contributed by atoms with E-state index in [0.717, 1.165) is 16.8 Å². The predicted octanol–water partition coefficient (Wildman–Crippen LogP) is 4.50. The number of carbonyl (C=O) groups is 1. The molecule has 4 heteroatoms. The average Bonchev–Trinajstić information content (AvgIpc) is 2.54. The van der Waals surface area contributed by atoms with Gasteiger partial charge in [-0.05, 0) is 36.8 Å². The highest BCUT2D eigenvalue weighted by atomic mass is 35.5. The molecule has 2 aromatic carbocycles. The fourth-order valence-corrected chi connectivity index (χ4v) is 2.50. The molecule has 0 atom stereocenters. The molecule has 1 aliphatic heterocycles. The topological polar surface area (TPSA) is 39.2 Å². The first-order valence-electron chi connectivity index (χ1n) is 6.91. The molecule has 0 saturated carbocycles. The Balaban J connectivity index is 0.000000139. The Morgan fingerprint density at radius 1 is 1.09 bits per heavy atom. The van der Waals surface area contributed by atoms with Gasteiger partial charge in [0.1, 0.15) is 11.3 Å². The second-order valence-corrected chi connectivity index (χ2v) is 5.23. The van der Waals surface area contributed by atoms with Crippen molar-refractivity contribution in [3.63, 3.8) is 0 Å². The number of fused-ring (bicyclic) bond motifs is 2. The highest BCUT2D eigenvalue weighted by molar-refractivity contribution is 6.17. The number of rotatable bonds is 1. The largest absolute Gasteiger partial charge is 0.422 e. The van der Waals surface area contributed by atoms with Crippen molar-refractivity contribution >= 4 is 28.5 Å². The van der Waals surface area contributed by atoms with E-state index >= 15 is 0 Å². The molecule has 22 heavy (non-hydrogen) atoms. The van der Waals surface area contributed by atoms with Gasteiger partial charge in [-0.15, -0.1) is 11.6 Å². The predicted molar refractivity (Wildman–Crippen MR) is 87.4 cm³/mol. The Kier molecular flexibility index (Phi) is 4.07. The summed E-state index contributed by atoms with van der Waals surface area (Å²) in [6, 6.07) is 17.4. The first-order valence-corrected chi connectivity index (χ1v) is 7.45. The fourth-order valence-electron chi connectivity index (χ4n) is 2.23. The maximum Gasteiger partial charge on any atom is 0.347 e. The van der Waals surface area contributed by atoms with Gasteiger partial charge >= 0.3 is 5.97 Å². The van der Waals surface area contributed by atoms with E-state index in [9.17, 15) is 4.79 Å². The maximum atomic E-state index is 10.5. The van der Waals surface area contributed by atoms with Crippen LogP contribution in [0.2, 0.25) is 0 Å². The van der Waals surface area contributed by atoms with Crippen molar-refractivity contribution in [2.24, 2.45) is 0 Å². The zero-order valence-corrected chi connectivity index (χ0v) is 12.8. The lowest BCUT2D eigenvalue weighted by atomic mass is 10.1. The zero-order chi connectivity index (χ0) is 15.5. The number of aryl methyl sites for hydroxylation is 1. The van der Waals surface area contributed by atoms with E-state index in [1.54, 1.807) is 12.1 Å². The molecule has 0 bridgehead atoms. The van der Waals surface area contributed by atoms with Gasteiger partial charge in [0.15, 0.2) is 0 Å². The molecule has 0 spiro atoms. The molecule has 0 N–H and O–H groups in total. The highest BCUT2D eigenvalue weighted by Crippen LogP contribution is 2.27. The normalized spacial score (nSPS) is 11.8. The van der Waals surface area contributed by atoms with Gasteiger partial charge in [-0.3, -0.25) is 4.98 Å². The number of ether oxygens (including phenoxy) is 1. The Hall–Kier alpha value is -2.39. The SMILES string of the molecule is Cc1cc2ccccc2nc1CCl.O=C1Oc2ccccc21. The fraction of sp³-hybridized carbons (Fsp3) is 0.111. The summed E-state index contributed by atoms with van der Waals surface area (Å²) < 4.78 is 4.65. The minimum absolute atomic E-state index is 0.217. The van der Waals surface area contributed by atoms with Crippen molar-refractivity contribution < 1.29 is 9.53 Å². The van der Waals surface area contributed by atoms with Crippen LogP contribution in [0.25, 0.3) is 10.9 Å². The summed E-state index contributed by atoms with van der Waals surface area (Å²) in [6.45, 7) is 2.04. The van der Waals surface area contributed by atoms with Crippen LogP contribution in [0.4, 0.5) is 0 Å². The van der Waals surface area contributed by atoms with E-state index in [1.807, 2.05) is 37.3 Å². The number of alkyl halides is 1. The van der Waals surface area contributed by atoms with Gasteiger partial charge in [-0.25, -0.2) is 4.79 Å². The molecule has 3 nitrogen and oxygen atoms in total. The van der Waals surface area contributed by atoms with Gasteiger partial charge in [-0.1, -0.05) is 30.3 Å². The first-order chi connectivity index (χ1) is 10.7. The van der Waals surface area contributed by atoms with Crippen molar-refractivity contribution in [1.82, 2.24) is 4.98 Å². The molecule has 2 heterocycles. The monoisotopic (exact) mass is 311 g/mol. The second-order valence-electron chi connectivity index (χ2n) is 4.96. The van der Waals surface area contributed by atoms with Crippen LogP contribution in [-0.4, -0.2) is 11.0 Å². The number of esters is 1. The van der Waals surface area contributed by atoms with Crippen molar-refractivity contribution in [2.75, 3.05) is 0 Å². The first kappa shape index (κ1) is 14.5. The molecule has 110 valence electrons.